The number of nitrogen functional groups attached to an aromatic ring is 1. The molecule has 1 saturated carbocycles. The van der Waals surface area contributed by atoms with E-state index >= 15 is 0 Å². The molecule has 3 heteroatoms. The van der Waals surface area contributed by atoms with Crippen molar-refractivity contribution < 1.29 is 0 Å². The molecule has 3 nitrogen and oxygen atoms in total. The van der Waals surface area contributed by atoms with Crippen LogP contribution in [0.15, 0.2) is 6.07 Å². The van der Waals surface area contributed by atoms with Gasteiger partial charge in [-0.1, -0.05) is 19.3 Å². The number of hydrogen-bond donors (Lipinski definition) is 1. The molecule has 0 saturated heterocycles. The van der Waals surface area contributed by atoms with Crippen LogP contribution in [0.25, 0.3) is 0 Å². The molecule has 1 aromatic rings. The number of aromatic nitrogens is 2. The second-order valence-corrected chi connectivity index (χ2v) is 4.87. The Labute approximate surface area is 91.7 Å². The van der Waals surface area contributed by atoms with Gasteiger partial charge in [0.05, 0.1) is 0 Å². The molecule has 1 aliphatic carbocycles. The number of rotatable bonds is 2. The van der Waals surface area contributed by atoms with Gasteiger partial charge in [0.1, 0.15) is 5.82 Å². The van der Waals surface area contributed by atoms with Crippen LogP contribution in [-0.4, -0.2) is 9.78 Å². The Morgan fingerprint density at radius 3 is 2.60 bits per heavy atom. The molecular weight excluding hydrogens is 186 g/mol. The molecule has 1 aliphatic rings. The van der Waals surface area contributed by atoms with E-state index in [4.69, 9.17) is 5.73 Å². The first-order valence-electron chi connectivity index (χ1n) is 6.03. The van der Waals surface area contributed by atoms with Gasteiger partial charge in [0.25, 0.3) is 0 Å². The van der Waals surface area contributed by atoms with E-state index in [0.717, 1.165) is 0 Å². The molecular formula is C12H21N3. The van der Waals surface area contributed by atoms with Crippen molar-refractivity contribution in [1.82, 2.24) is 9.78 Å². The molecule has 0 spiro atoms. The van der Waals surface area contributed by atoms with E-state index in [9.17, 15) is 0 Å². The first-order chi connectivity index (χ1) is 7.18. The minimum atomic E-state index is 0.416. The van der Waals surface area contributed by atoms with Gasteiger partial charge in [-0.2, -0.15) is 5.10 Å². The summed E-state index contributed by atoms with van der Waals surface area (Å²) in [5.74, 6) is 1.36. The van der Waals surface area contributed by atoms with Crippen LogP contribution in [0.3, 0.4) is 0 Å². The van der Waals surface area contributed by atoms with Crippen molar-refractivity contribution in [2.75, 3.05) is 5.73 Å². The van der Waals surface area contributed by atoms with E-state index < -0.39 is 0 Å². The molecule has 1 fully saturated rings. The lowest BCUT2D eigenvalue weighted by atomic mass is 9.87. The standard InChI is InChI=1S/C12H21N3/c1-9(2)15-11(8-12(13)14-15)10-6-4-3-5-7-10/h8-10H,3-7H2,1-2H3,(H2,13,14). The van der Waals surface area contributed by atoms with E-state index in [-0.39, 0.29) is 0 Å². The third kappa shape index (κ3) is 2.16. The molecule has 0 amide bonds. The van der Waals surface area contributed by atoms with Crippen LogP contribution in [0.1, 0.15) is 63.6 Å². The average molecular weight is 207 g/mol. The summed E-state index contributed by atoms with van der Waals surface area (Å²) < 4.78 is 2.10. The first-order valence-corrected chi connectivity index (χ1v) is 6.03. The van der Waals surface area contributed by atoms with Crippen molar-refractivity contribution in [3.63, 3.8) is 0 Å². The molecule has 2 N–H and O–H groups in total. The number of hydrogen-bond acceptors (Lipinski definition) is 2. The summed E-state index contributed by atoms with van der Waals surface area (Å²) in [7, 11) is 0. The Kier molecular flexibility index (Phi) is 2.98. The van der Waals surface area contributed by atoms with Crippen LogP contribution < -0.4 is 5.73 Å². The van der Waals surface area contributed by atoms with E-state index in [0.29, 0.717) is 17.8 Å². The van der Waals surface area contributed by atoms with Crippen LogP contribution in [0, 0.1) is 0 Å². The largest absolute Gasteiger partial charge is 0.382 e. The highest BCUT2D eigenvalue weighted by molar-refractivity contribution is 5.31. The SMILES string of the molecule is CC(C)n1nc(N)cc1C1CCCCC1. The van der Waals surface area contributed by atoms with Gasteiger partial charge in [-0.15, -0.1) is 0 Å². The molecule has 0 aliphatic heterocycles. The normalized spacial score (nSPS) is 18.6. The summed E-state index contributed by atoms with van der Waals surface area (Å²) in [4.78, 5) is 0. The van der Waals surface area contributed by atoms with Gasteiger partial charge in [0.2, 0.25) is 0 Å². The van der Waals surface area contributed by atoms with Crippen LogP contribution in [0.2, 0.25) is 0 Å². The van der Waals surface area contributed by atoms with Crippen LogP contribution >= 0.6 is 0 Å². The third-order valence-electron chi connectivity index (χ3n) is 3.30. The topological polar surface area (TPSA) is 43.8 Å². The zero-order valence-corrected chi connectivity index (χ0v) is 9.74. The number of anilines is 1. The van der Waals surface area contributed by atoms with Crippen molar-refractivity contribution in [3.8, 4) is 0 Å². The van der Waals surface area contributed by atoms with Crippen molar-refractivity contribution in [2.24, 2.45) is 0 Å². The molecule has 0 unspecified atom stereocenters. The highest BCUT2D eigenvalue weighted by Crippen LogP contribution is 2.34. The fourth-order valence-electron chi connectivity index (χ4n) is 2.55. The van der Waals surface area contributed by atoms with E-state index in [1.165, 1.54) is 37.8 Å². The van der Waals surface area contributed by atoms with Gasteiger partial charge in [0, 0.05) is 23.7 Å². The second kappa shape index (κ2) is 4.25. The fraction of sp³-hybridized carbons (Fsp3) is 0.750. The van der Waals surface area contributed by atoms with Gasteiger partial charge >= 0.3 is 0 Å². The van der Waals surface area contributed by atoms with Gasteiger partial charge in [-0.25, -0.2) is 0 Å². The number of nitrogens with zero attached hydrogens (tertiary/aromatic N) is 2. The lowest BCUT2D eigenvalue weighted by molar-refractivity contribution is 0.401. The van der Waals surface area contributed by atoms with Crippen LogP contribution in [0.4, 0.5) is 5.82 Å². The molecule has 0 atom stereocenters. The smallest absolute Gasteiger partial charge is 0.145 e. The maximum Gasteiger partial charge on any atom is 0.145 e. The van der Waals surface area contributed by atoms with E-state index in [2.05, 4.69) is 29.7 Å². The molecule has 15 heavy (non-hydrogen) atoms. The lowest BCUT2D eigenvalue weighted by Gasteiger charge is -2.23. The molecule has 0 radical (unpaired) electrons. The molecule has 84 valence electrons. The van der Waals surface area contributed by atoms with Crippen molar-refractivity contribution in [2.45, 2.75) is 57.9 Å². The Hall–Kier alpha value is -0.990. The Morgan fingerprint density at radius 1 is 1.33 bits per heavy atom. The predicted octanol–water partition coefficient (Wildman–Crippen LogP) is 3.09. The quantitative estimate of drug-likeness (QED) is 0.809. The summed E-state index contributed by atoms with van der Waals surface area (Å²) in [5, 5.41) is 4.38. The van der Waals surface area contributed by atoms with Gasteiger partial charge in [-0.3, -0.25) is 4.68 Å². The second-order valence-electron chi connectivity index (χ2n) is 4.87. The monoisotopic (exact) mass is 207 g/mol. The summed E-state index contributed by atoms with van der Waals surface area (Å²) in [6, 6.07) is 2.48. The van der Waals surface area contributed by atoms with Gasteiger partial charge < -0.3 is 5.73 Å². The summed E-state index contributed by atoms with van der Waals surface area (Å²) >= 11 is 0. The van der Waals surface area contributed by atoms with Crippen molar-refractivity contribution >= 4 is 5.82 Å². The Bertz CT molecular complexity index is 322. The van der Waals surface area contributed by atoms with E-state index in [1.54, 1.807) is 0 Å². The summed E-state index contributed by atoms with van der Waals surface area (Å²) in [6.45, 7) is 4.33. The minimum Gasteiger partial charge on any atom is -0.382 e. The summed E-state index contributed by atoms with van der Waals surface area (Å²) in [5.41, 5.74) is 7.14. The number of nitrogens with two attached hydrogens (primary N) is 1. The Balaban J connectivity index is 2.25. The zero-order valence-electron chi connectivity index (χ0n) is 9.74. The molecule has 0 aromatic carbocycles. The Morgan fingerprint density at radius 2 is 2.00 bits per heavy atom. The van der Waals surface area contributed by atoms with Gasteiger partial charge in [-0.05, 0) is 26.7 Å². The highest BCUT2D eigenvalue weighted by atomic mass is 15.3. The summed E-state index contributed by atoms with van der Waals surface area (Å²) in [6.07, 6.45) is 6.71. The maximum atomic E-state index is 5.79. The molecule has 0 bridgehead atoms. The van der Waals surface area contributed by atoms with Gasteiger partial charge in [0.15, 0.2) is 0 Å². The van der Waals surface area contributed by atoms with Crippen LogP contribution in [-0.2, 0) is 0 Å². The van der Waals surface area contributed by atoms with E-state index in [1.807, 2.05) is 0 Å². The molecule has 2 rings (SSSR count). The predicted molar refractivity (Wildman–Crippen MR) is 62.9 cm³/mol. The maximum absolute atomic E-state index is 5.79. The fourth-order valence-corrected chi connectivity index (χ4v) is 2.55. The average Bonchev–Trinajstić information content (AvgIpc) is 2.62. The first kappa shape index (κ1) is 10.5. The van der Waals surface area contributed by atoms with Crippen molar-refractivity contribution in [1.29, 1.82) is 0 Å². The van der Waals surface area contributed by atoms with Crippen LogP contribution in [0.5, 0.6) is 0 Å². The highest BCUT2D eigenvalue weighted by Gasteiger charge is 2.21. The molecule has 1 heterocycles. The lowest BCUT2D eigenvalue weighted by Crippen LogP contribution is -2.13. The minimum absolute atomic E-state index is 0.416. The zero-order chi connectivity index (χ0) is 10.8. The third-order valence-corrected chi connectivity index (χ3v) is 3.30. The van der Waals surface area contributed by atoms with Crippen molar-refractivity contribution in [3.05, 3.63) is 11.8 Å². The molecule has 1 aromatic heterocycles.